The summed E-state index contributed by atoms with van der Waals surface area (Å²) in [4.78, 5) is 23.0. The number of halogens is 3. The van der Waals surface area contributed by atoms with Crippen LogP contribution in [0.25, 0.3) is 16.6 Å². The molecule has 6 heterocycles. The molecule has 0 aliphatic carbocycles. The van der Waals surface area contributed by atoms with Gasteiger partial charge in [-0.05, 0) is 44.0 Å². The van der Waals surface area contributed by atoms with E-state index in [9.17, 15) is 23.5 Å². The summed E-state index contributed by atoms with van der Waals surface area (Å²) in [6.45, 7) is 6.32. The van der Waals surface area contributed by atoms with Crippen molar-refractivity contribution in [1.82, 2.24) is 24.5 Å². The van der Waals surface area contributed by atoms with Gasteiger partial charge in [-0.25, -0.2) is 19.3 Å². The number of hydrogen-bond acceptors (Lipinski definition) is 10. The van der Waals surface area contributed by atoms with Gasteiger partial charge in [-0.2, -0.15) is 23.5 Å². The third-order valence-electron chi connectivity index (χ3n) is 7.64. The standard InChI is InChI=1S/C29H31N7O3.C2HF3O2/c1-29(2,37)18-39-24-9-25(28-21(10-30)13-33-36(28)17-24)20-5-6-26(31-12-20)35-16-22-8-23(35)15-34(22)14-19-4-7-27(38-3)32-11-19;3-2(4,5)1(6)7/h4-7,9,11-13,17,22-23,37H,8,14-16,18H2,1-3H3;(H,6,7)/t22-,23-;/m0./s1. The number of carboxylic acids is 1. The van der Waals surface area contributed by atoms with E-state index in [0.29, 0.717) is 34.8 Å². The summed E-state index contributed by atoms with van der Waals surface area (Å²) < 4.78 is 44.4. The molecule has 46 heavy (non-hydrogen) atoms. The summed E-state index contributed by atoms with van der Waals surface area (Å²) in [7, 11) is 1.63. The van der Waals surface area contributed by atoms with Crippen LogP contribution in [0.1, 0.15) is 31.4 Å². The van der Waals surface area contributed by atoms with Gasteiger partial charge in [0.15, 0.2) is 0 Å². The highest BCUT2D eigenvalue weighted by Crippen LogP contribution is 2.36. The van der Waals surface area contributed by atoms with Gasteiger partial charge in [-0.3, -0.25) is 4.90 Å². The lowest BCUT2D eigenvalue weighted by Crippen LogP contribution is -2.46. The molecule has 0 amide bonds. The van der Waals surface area contributed by atoms with E-state index in [4.69, 9.17) is 24.4 Å². The molecule has 0 radical (unpaired) electrons. The summed E-state index contributed by atoms with van der Waals surface area (Å²) in [5, 5.41) is 31.2. The minimum absolute atomic E-state index is 0.130. The van der Waals surface area contributed by atoms with E-state index in [1.165, 1.54) is 5.56 Å². The number of likely N-dealkylation sites (tertiary alicyclic amines) is 1. The average molecular weight is 640 g/mol. The molecule has 2 N–H and O–H groups in total. The van der Waals surface area contributed by atoms with Crippen LogP contribution in [-0.2, 0) is 11.3 Å². The maximum atomic E-state index is 10.6. The van der Waals surface area contributed by atoms with Gasteiger partial charge in [0.1, 0.15) is 24.2 Å². The molecule has 2 fully saturated rings. The van der Waals surface area contributed by atoms with Crippen molar-refractivity contribution in [2.45, 2.75) is 50.7 Å². The number of rotatable bonds is 8. The number of aromatic nitrogens is 4. The molecule has 2 bridgehead atoms. The Morgan fingerprint density at radius 2 is 1.87 bits per heavy atom. The molecule has 15 heteroatoms. The van der Waals surface area contributed by atoms with Gasteiger partial charge in [0.2, 0.25) is 5.88 Å². The summed E-state index contributed by atoms with van der Waals surface area (Å²) in [6.07, 6.45) is 3.06. The minimum Gasteiger partial charge on any atom is -0.489 e. The molecule has 2 aliphatic rings. The van der Waals surface area contributed by atoms with Crippen LogP contribution in [0.2, 0.25) is 0 Å². The Morgan fingerprint density at radius 1 is 1.11 bits per heavy atom. The number of pyridine rings is 3. The van der Waals surface area contributed by atoms with Gasteiger partial charge in [0.25, 0.3) is 0 Å². The lowest BCUT2D eigenvalue weighted by molar-refractivity contribution is -0.192. The number of carboxylic acid groups (broad SMARTS) is 1. The first kappa shape index (κ1) is 32.5. The zero-order chi connectivity index (χ0) is 33.2. The van der Waals surface area contributed by atoms with Crippen molar-refractivity contribution < 1.29 is 37.7 Å². The maximum Gasteiger partial charge on any atom is 0.490 e. The molecule has 2 aliphatic heterocycles. The van der Waals surface area contributed by atoms with Crippen LogP contribution < -0.4 is 14.4 Å². The third-order valence-corrected chi connectivity index (χ3v) is 7.64. The van der Waals surface area contributed by atoms with E-state index < -0.39 is 17.7 Å². The number of ether oxygens (including phenoxy) is 2. The van der Waals surface area contributed by atoms with Crippen LogP contribution in [-0.4, -0.2) is 91.3 Å². The fraction of sp³-hybridized carbons (Fsp3) is 0.387. The fourth-order valence-electron chi connectivity index (χ4n) is 5.54. The van der Waals surface area contributed by atoms with Crippen molar-refractivity contribution >= 4 is 17.3 Å². The normalized spacial score (nSPS) is 17.8. The van der Waals surface area contributed by atoms with Crippen molar-refractivity contribution in [3.05, 3.63) is 66.2 Å². The van der Waals surface area contributed by atoms with E-state index in [1.807, 2.05) is 30.6 Å². The Labute approximate surface area is 262 Å². The lowest BCUT2D eigenvalue weighted by Gasteiger charge is -2.35. The van der Waals surface area contributed by atoms with E-state index in [-0.39, 0.29) is 6.61 Å². The van der Waals surface area contributed by atoms with Crippen molar-refractivity contribution in [2.75, 3.05) is 31.7 Å². The number of methoxy groups -OCH3 is 1. The molecule has 12 nitrogen and oxygen atoms in total. The number of anilines is 1. The largest absolute Gasteiger partial charge is 0.490 e. The molecular formula is C31H32F3N7O5. The highest BCUT2D eigenvalue weighted by atomic mass is 19.4. The van der Waals surface area contributed by atoms with Crippen LogP contribution in [0, 0.1) is 11.3 Å². The Balaban J connectivity index is 0.000000537. The molecule has 2 atom stereocenters. The van der Waals surface area contributed by atoms with Crippen LogP contribution in [0.5, 0.6) is 11.6 Å². The predicted octanol–water partition coefficient (Wildman–Crippen LogP) is 3.92. The van der Waals surface area contributed by atoms with E-state index in [0.717, 1.165) is 43.0 Å². The van der Waals surface area contributed by atoms with Crippen LogP contribution in [0.15, 0.2) is 55.1 Å². The zero-order valence-corrected chi connectivity index (χ0v) is 25.3. The van der Waals surface area contributed by atoms with Crippen molar-refractivity contribution in [3.63, 3.8) is 0 Å². The molecule has 0 saturated carbocycles. The number of piperazine rings is 1. The number of aliphatic carboxylic acids is 1. The summed E-state index contributed by atoms with van der Waals surface area (Å²) >= 11 is 0. The number of carbonyl (C=O) groups is 1. The lowest BCUT2D eigenvalue weighted by atomic mass is 10.1. The Kier molecular flexibility index (Phi) is 9.04. The molecule has 242 valence electrons. The van der Waals surface area contributed by atoms with Crippen LogP contribution in [0.3, 0.4) is 0 Å². The molecule has 6 rings (SSSR count). The zero-order valence-electron chi connectivity index (χ0n) is 25.3. The summed E-state index contributed by atoms with van der Waals surface area (Å²) in [5.41, 5.74) is 3.06. The van der Waals surface area contributed by atoms with Crippen molar-refractivity contribution in [3.8, 4) is 28.8 Å². The van der Waals surface area contributed by atoms with Crippen LogP contribution in [0.4, 0.5) is 19.0 Å². The number of fused-ring (bicyclic) bond motifs is 3. The van der Waals surface area contributed by atoms with E-state index in [1.54, 1.807) is 37.9 Å². The first-order valence-electron chi connectivity index (χ1n) is 14.3. The quantitative estimate of drug-likeness (QED) is 0.289. The third kappa shape index (κ3) is 7.30. The molecule has 2 saturated heterocycles. The highest BCUT2D eigenvalue weighted by Gasteiger charge is 2.43. The predicted molar refractivity (Wildman–Crippen MR) is 159 cm³/mol. The number of nitrogens with zero attached hydrogens (tertiary/aromatic N) is 7. The van der Waals surface area contributed by atoms with Crippen LogP contribution >= 0.6 is 0 Å². The molecule has 0 aromatic carbocycles. The smallest absolute Gasteiger partial charge is 0.489 e. The van der Waals surface area contributed by atoms with Crippen molar-refractivity contribution in [2.24, 2.45) is 0 Å². The Bertz CT molecular complexity index is 1730. The number of hydrogen-bond donors (Lipinski definition) is 2. The van der Waals surface area contributed by atoms with Gasteiger partial charge in [-0.1, -0.05) is 6.07 Å². The fourth-order valence-corrected chi connectivity index (χ4v) is 5.54. The van der Waals surface area contributed by atoms with Gasteiger partial charge in [0.05, 0.1) is 36.2 Å². The molecule has 4 aromatic rings. The first-order chi connectivity index (χ1) is 21.8. The Morgan fingerprint density at radius 3 is 2.41 bits per heavy atom. The topological polar surface area (TPSA) is 149 Å². The minimum atomic E-state index is -5.08. The number of nitriles is 1. The van der Waals surface area contributed by atoms with Gasteiger partial charge >= 0.3 is 12.1 Å². The maximum absolute atomic E-state index is 10.6. The second kappa shape index (κ2) is 12.8. The Hall–Kier alpha value is -4.94. The molecule has 4 aromatic heterocycles. The number of alkyl halides is 3. The van der Waals surface area contributed by atoms with Gasteiger partial charge in [-0.15, -0.1) is 0 Å². The molecular weight excluding hydrogens is 607 g/mol. The van der Waals surface area contributed by atoms with Gasteiger partial charge in [0, 0.05) is 61.3 Å². The molecule has 0 spiro atoms. The van der Waals surface area contributed by atoms with Crippen molar-refractivity contribution in [1.29, 1.82) is 5.26 Å². The second-order valence-corrected chi connectivity index (χ2v) is 11.7. The summed E-state index contributed by atoms with van der Waals surface area (Å²) in [6, 6.07) is 13.1. The van der Waals surface area contributed by atoms with E-state index >= 15 is 0 Å². The highest BCUT2D eigenvalue weighted by molar-refractivity contribution is 5.85. The van der Waals surface area contributed by atoms with E-state index in [2.05, 4.69) is 38.1 Å². The van der Waals surface area contributed by atoms with Gasteiger partial charge < -0.3 is 24.6 Å². The number of aliphatic hydroxyl groups is 1. The molecule has 0 unspecified atom stereocenters. The monoisotopic (exact) mass is 639 g/mol. The first-order valence-corrected chi connectivity index (χ1v) is 14.3. The average Bonchev–Trinajstić information content (AvgIpc) is 3.74. The summed E-state index contributed by atoms with van der Waals surface area (Å²) in [5.74, 6) is -0.613. The second-order valence-electron chi connectivity index (χ2n) is 11.7. The SMILES string of the molecule is COc1ccc(CN2C[C@@H]3C[C@H]2CN3c2ccc(-c3cc(OCC(C)(C)O)cn4ncc(C#N)c34)cn2)cn1.O=C(O)C(F)(F)F.